The van der Waals surface area contributed by atoms with Crippen LogP contribution in [0.15, 0.2) is 108 Å². The summed E-state index contributed by atoms with van der Waals surface area (Å²) >= 11 is 0. The lowest BCUT2D eigenvalue weighted by Crippen LogP contribution is -2.54. The van der Waals surface area contributed by atoms with E-state index in [1.807, 2.05) is 75.4 Å². The fourth-order valence-corrected chi connectivity index (χ4v) is 6.86. The number of amides is 2. The van der Waals surface area contributed by atoms with Crippen LogP contribution in [0.5, 0.6) is 11.5 Å². The molecule has 9 nitrogen and oxygen atoms in total. The molecule has 0 spiro atoms. The lowest BCUT2D eigenvalue weighted by molar-refractivity contribution is -0.140. The van der Waals surface area contributed by atoms with E-state index < -0.39 is 28.5 Å². The van der Waals surface area contributed by atoms with Gasteiger partial charge in [-0.3, -0.25) is 13.9 Å². The van der Waals surface area contributed by atoms with Crippen molar-refractivity contribution in [3.8, 4) is 11.5 Å². The first-order chi connectivity index (χ1) is 22.7. The van der Waals surface area contributed by atoms with Gasteiger partial charge in [0.2, 0.25) is 11.8 Å². The lowest BCUT2D eigenvalue weighted by Gasteiger charge is -2.34. The molecule has 4 aromatic rings. The average molecular weight is 656 g/mol. The molecule has 1 aliphatic rings. The highest BCUT2D eigenvalue weighted by Crippen LogP contribution is 2.36. The van der Waals surface area contributed by atoms with E-state index in [1.165, 1.54) is 17.0 Å². The molecule has 5 rings (SSSR count). The van der Waals surface area contributed by atoms with E-state index in [1.54, 1.807) is 36.4 Å². The van der Waals surface area contributed by atoms with Gasteiger partial charge in [-0.05, 0) is 55.7 Å². The zero-order chi connectivity index (χ0) is 33.4. The largest absolute Gasteiger partial charge is 0.486 e. The van der Waals surface area contributed by atoms with Gasteiger partial charge < -0.3 is 19.7 Å². The van der Waals surface area contributed by atoms with Crippen molar-refractivity contribution < 1.29 is 27.5 Å². The van der Waals surface area contributed by atoms with Crippen molar-refractivity contribution in [3.63, 3.8) is 0 Å². The first-order valence-electron chi connectivity index (χ1n) is 15.8. The average Bonchev–Trinajstić information content (AvgIpc) is 3.09. The monoisotopic (exact) mass is 655 g/mol. The van der Waals surface area contributed by atoms with Crippen LogP contribution >= 0.6 is 0 Å². The maximum Gasteiger partial charge on any atom is 0.264 e. The van der Waals surface area contributed by atoms with Gasteiger partial charge in [0, 0.05) is 25.1 Å². The fourth-order valence-electron chi connectivity index (χ4n) is 5.44. The summed E-state index contributed by atoms with van der Waals surface area (Å²) in [5.74, 6) is 0.0530. The number of sulfonamides is 1. The van der Waals surface area contributed by atoms with E-state index in [0.29, 0.717) is 31.1 Å². The minimum Gasteiger partial charge on any atom is -0.486 e. The van der Waals surface area contributed by atoms with Crippen LogP contribution in [-0.2, 0) is 32.6 Å². The number of carbonyl (C=O) groups is 2. The standard InChI is InChI=1S/C37H41N3O6S/c1-4-28(3)38-37(42)33(23-29-13-7-5-8-14-29)39(25-30-15-11-12-27(2)22-30)36(41)26-40(47(43,44)32-16-9-6-10-17-32)31-18-19-34-35(24-31)46-21-20-45-34/h5-19,22,24,28,33H,4,20-21,23,25-26H2,1-3H3,(H,38,42)/t28-,33-/m0/s1. The molecule has 0 unspecified atom stereocenters. The topological polar surface area (TPSA) is 105 Å². The van der Waals surface area contributed by atoms with E-state index >= 15 is 0 Å². The third-order valence-corrected chi connectivity index (χ3v) is 9.92. The quantitative estimate of drug-likeness (QED) is 0.204. The number of hydrogen-bond acceptors (Lipinski definition) is 6. The summed E-state index contributed by atoms with van der Waals surface area (Å²) in [6, 6.07) is 29.0. The molecule has 10 heteroatoms. The zero-order valence-electron chi connectivity index (χ0n) is 27.0. The van der Waals surface area contributed by atoms with Crippen molar-refractivity contribution in [2.24, 2.45) is 0 Å². The van der Waals surface area contributed by atoms with Crippen LogP contribution in [0.25, 0.3) is 0 Å². The van der Waals surface area contributed by atoms with Gasteiger partial charge in [-0.25, -0.2) is 8.42 Å². The molecule has 1 aliphatic heterocycles. The molecule has 47 heavy (non-hydrogen) atoms. The maximum absolute atomic E-state index is 14.7. The van der Waals surface area contributed by atoms with Gasteiger partial charge in [0.1, 0.15) is 25.8 Å². The third kappa shape index (κ3) is 8.31. The summed E-state index contributed by atoms with van der Waals surface area (Å²) in [7, 11) is -4.23. The van der Waals surface area contributed by atoms with Crippen LogP contribution in [0, 0.1) is 6.92 Å². The van der Waals surface area contributed by atoms with Crippen molar-refractivity contribution in [3.05, 3.63) is 120 Å². The van der Waals surface area contributed by atoms with Gasteiger partial charge in [0.25, 0.3) is 10.0 Å². The van der Waals surface area contributed by atoms with Crippen molar-refractivity contribution >= 4 is 27.5 Å². The maximum atomic E-state index is 14.7. The van der Waals surface area contributed by atoms with E-state index in [9.17, 15) is 18.0 Å². The molecule has 1 heterocycles. The summed E-state index contributed by atoms with van der Waals surface area (Å²) in [5, 5.41) is 3.06. The SMILES string of the molecule is CC[C@H](C)NC(=O)[C@H](Cc1ccccc1)N(Cc1cccc(C)c1)C(=O)CN(c1ccc2c(c1)OCCO2)S(=O)(=O)c1ccccc1. The number of aryl methyl sites for hydroxylation is 1. The van der Waals surface area contributed by atoms with E-state index in [2.05, 4.69) is 5.32 Å². The molecule has 0 saturated heterocycles. The Hall–Kier alpha value is -4.83. The number of nitrogens with zero attached hydrogens (tertiary/aromatic N) is 2. The highest BCUT2D eigenvalue weighted by atomic mass is 32.2. The van der Waals surface area contributed by atoms with E-state index in [4.69, 9.17) is 9.47 Å². The lowest BCUT2D eigenvalue weighted by atomic mass is 10.0. The molecule has 0 bridgehead atoms. The van der Waals surface area contributed by atoms with Crippen molar-refractivity contribution in [2.45, 2.75) is 57.1 Å². The Kier molecular flexibility index (Phi) is 10.8. The number of carbonyl (C=O) groups excluding carboxylic acids is 2. The molecule has 246 valence electrons. The van der Waals surface area contributed by atoms with Gasteiger partial charge in [0.15, 0.2) is 11.5 Å². The van der Waals surface area contributed by atoms with Gasteiger partial charge >= 0.3 is 0 Å². The second kappa shape index (κ2) is 15.2. The Morgan fingerprint density at radius 1 is 0.830 bits per heavy atom. The fraction of sp³-hybridized carbons (Fsp3) is 0.297. The first-order valence-corrected chi connectivity index (χ1v) is 17.3. The highest BCUT2D eigenvalue weighted by Gasteiger charge is 2.35. The van der Waals surface area contributed by atoms with E-state index in [0.717, 1.165) is 21.0 Å². The van der Waals surface area contributed by atoms with Crippen LogP contribution < -0.4 is 19.1 Å². The Morgan fingerprint density at radius 2 is 1.49 bits per heavy atom. The molecule has 0 saturated carbocycles. The number of nitrogens with one attached hydrogen (secondary N) is 1. The molecule has 1 N–H and O–H groups in total. The summed E-state index contributed by atoms with van der Waals surface area (Å²) in [4.78, 5) is 30.2. The zero-order valence-corrected chi connectivity index (χ0v) is 27.8. The summed E-state index contributed by atoms with van der Waals surface area (Å²) in [5.41, 5.74) is 2.94. The second-order valence-electron chi connectivity index (χ2n) is 11.7. The van der Waals surface area contributed by atoms with Crippen molar-refractivity contribution in [2.75, 3.05) is 24.1 Å². The molecule has 2 atom stereocenters. The molecule has 2 amide bonds. The van der Waals surface area contributed by atoms with Crippen LogP contribution in [0.1, 0.15) is 37.0 Å². The predicted octanol–water partition coefficient (Wildman–Crippen LogP) is 5.52. The summed E-state index contributed by atoms with van der Waals surface area (Å²) < 4.78 is 41.0. The normalized spacial score (nSPS) is 13.7. The van der Waals surface area contributed by atoms with Crippen LogP contribution in [-0.4, -0.2) is 57.0 Å². The Morgan fingerprint density at radius 3 is 2.17 bits per heavy atom. The molecular formula is C37H41N3O6S. The molecular weight excluding hydrogens is 614 g/mol. The number of fused-ring (bicyclic) bond motifs is 1. The molecule has 0 radical (unpaired) electrons. The van der Waals surface area contributed by atoms with Crippen molar-refractivity contribution in [1.29, 1.82) is 0 Å². The number of anilines is 1. The van der Waals surface area contributed by atoms with Gasteiger partial charge in [-0.1, -0.05) is 85.3 Å². The Labute approximate surface area is 277 Å². The highest BCUT2D eigenvalue weighted by molar-refractivity contribution is 7.92. The number of hydrogen-bond donors (Lipinski definition) is 1. The van der Waals surface area contributed by atoms with Gasteiger partial charge in [-0.2, -0.15) is 0 Å². The number of benzene rings is 4. The van der Waals surface area contributed by atoms with Gasteiger partial charge in [-0.15, -0.1) is 0 Å². The second-order valence-corrected chi connectivity index (χ2v) is 13.5. The summed E-state index contributed by atoms with van der Waals surface area (Å²) in [6.07, 6.45) is 0.957. The predicted molar refractivity (Wildman–Crippen MR) is 182 cm³/mol. The minimum atomic E-state index is -4.23. The minimum absolute atomic E-state index is 0.0308. The van der Waals surface area contributed by atoms with Crippen LogP contribution in [0.2, 0.25) is 0 Å². The number of rotatable bonds is 13. The summed E-state index contributed by atoms with van der Waals surface area (Å²) in [6.45, 7) is 6.11. The molecule has 0 aliphatic carbocycles. The van der Waals surface area contributed by atoms with Crippen molar-refractivity contribution in [1.82, 2.24) is 10.2 Å². The Balaban J connectivity index is 1.59. The third-order valence-electron chi connectivity index (χ3n) is 8.13. The molecule has 0 aromatic heterocycles. The van der Waals surface area contributed by atoms with Crippen LogP contribution in [0.4, 0.5) is 5.69 Å². The van der Waals surface area contributed by atoms with Gasteiger partial charge in [0.05, 0.1) is 10.6 Å². The number of ether oxygens (including phenoxy) is 2. The first kappa shape index (κ1) is 33.5. The molecule has 0 fully saturated rings. The van der Waals surface area contributed by atoms with Crippen LogP contribution in [0.3, 0.4) is 0 Å². The molecule has 4 aromatic carbocycles. The Bertz CT molecular complexity index is 1780. The van der Waals surface area contributed by atoms with E-state index in [-0.39, 0.29) is 35.5 Å². The smallest absolute Gasteiger partial charge is 0.264 e.